The number of likely N-dealkylation sites (N-methyl/N-ethyl adjacent to an activating group) is 1. The number of fused-ring (bicyclic) bond motifs is 1. The molecule has 1 aromatic heterocycles. The monoisotopic (exact) mass is 615 g/mol. The van der Waals surface area contributed by atoms with Crippen LogP contribution in [0.1, 0.15) is 24.0 Å². The number of rotatable bonds is 8. The van der Waals surface area contributed by atoms with Crippen LogP contribution in [-0.4, -0.2) is 50.7 Å². The molecule has 4 aromatic rings. The Labute approximate surface area is 262 Å². The molecule has 222 valence electrons. The average Bonchev–Trinajstić information content (AvgIpc) is 3.35. The van der Waals surface area contributed by atoms with Gasteiger partial charge in [0.2, 0.25) is 11.8 Å². The van der Waals surface area contributed by atoms with E-state index in [0.717, 1.165) is 59.4 Å². The van der Waals surface area contributed by atoms with Crippen molar-refractivity contribution in [2.45, 2.75) is 32.0 Å². The van der Waals surface area contributed by atoms with Crippen LogP contribution in [0.4, 0.5) is 5.69 Å². The summed E-state index contributed by atoms with van der Waals surface area (Å²) >= 11 is 14.2. The Bertz CT molecular complexity index is 1660. The van der Waals surface area contributed by atoms with Crippen LogP contribution in [0.25, 0.3) is 33.5 Å². The van der Waals surface area contributed by atoms with Crippen molar-refractivity contribution >= 4 is 34.8 Å². The minimum atomic E-state index is 0.113. The molecule has 2 aliphatic heterocycles. The number of hydrogen-bond acceptors (Lipinski definition) is 6. The van der Waals surface area contributed by atoms with Gasteiger partial charge < -0.3 is 25.6 Å². The number of halogens is 2. The van der Waals surface area contributed by atoms with Crippen LogP contribution in [-0.2, 0) is 17.9 Å². The molecule has 0 unspecified atom stereocenters. The van der Waals surface area contributed by atoms with Crippen LogP contribution in [0.5, 0.6) is 5.88 Å². The number of nitrogens with zero attached hydrogens (tertiary/aromatic N) is 2. The molecule has 1 amide bonds. The van der Waals surface area contributed by atoms with Crippen molar-refractivity contribution < 1.29 is 9.53 Å². The van der Waals surface area contributed by atoms with Crippen LogP contribution in [0.3, 0.4) is 0 Å². The van der Waals surface area contributed by atoms with Gasteiger partial charge in [-0.25, -0.2) is 4.98 Å². The predicted octanol–water partition coefficient (Wildman–Crippen LogP) is 6.31. The summed E-state index contributed by atoms with van der Waals surface area (Å²) in [6.45, 7) is 4.03. The van der Waals surface area contributed by atoms with Crippen molar-refractivity contribution in [2.75, 3.05) is 38.7 Å². The van der Waals surface area contributed by atoms with Crippen LogP contribution in [0, 0.1) is 0 Å². The van der Waals surface area contributed by atoms with Gasteiger partial charge in [-0.05, 0) is 29.7 Å². The molecular weight excluding hydrogens is 581 g/mol. The maximum Gasteiger partial charge on any atom is 0.220 e. The Balaban J connectivity index is 1.28. The number of methoxy groups -OCH3 is 1. The molecule has 1 saturated heterocycles. The smallest absolute Gasteiger partial charge is 0.220 e. The van der Waals surface area contributed by atoms with Crippen LogP contribution in [0.2, 0.25) is 10.0 Å². The lowest BCUT2D eigenvalue weighted by atomic mass is 9.95. The van der Waals surface area contributed by atoms with Crippen molar-refractivity contribution in [3.05, 3.63) is 87.9 Å². The van der Waals surface area contributed by atoms with E-state index >= 15 is 0 Å². The number of aromatic nitrogens is 1. The number of hydrogen-bond donors (Lipinski definition) is 3. The quantitative estimate of drug-likeness (QED) is 0.216. The molecule has 0 radical (unpaired) electrons. The second kappa shape index (κ2) is 12.9. The molecule has 3 N–H and O–H groups in total. The molecule has 0 saturated carbocycles. The van der Waals surface area contributed by atoms with Gasteiger partial charge in [-0.3, -0.25) is 4.79 Å². The van der Waals surface area contributed by atoms with Crippen molar-refractivity contribution in [3.8, 4) is 39.4 Å². The zero-order chi connectivity index (χ0) is 29.9. The topological polar surface area (TPSA) is 78.5 Å². The highest BCUT2D eigenvalue weighted by molar-refractivity contribution is 6.39. The fourth-order valence-corrected chi connectivity index (χ4v) is 6.53. The Hall–Kier alpha value is -3.62. The van der Waals surface area contributed by atoms with E-state index in [1.807, 2.05) is 42.5 Å². The van der Waals surface area contributed by atoms with Crippen LogP contribution in [0.15, 0.2) is 66.7 Å². The fourth-order valence-electron chi connectivity index (χ4n) is 5.87. The lowest BCUT2D eigenvalue weighted by molar-refractivity contribution is -0.119. The van der Waals surface area contributed by atoms with Crippen LogP contribution < -0.4 is 25.6 Å². The summed E-state index contributed by atoms with van der Waals surface area (Å²) in [6, 6.07) is 22.7. The molecular formula is C34H35Cl2N5O2. The van der Waals surface area contributed by atoms with E-state index in [2.05, 4.69) is 52.2 Å². The molecule has 0 spiro atoms. The Morgan fingerprint density at radius 2 is 1.74 bits per heavy atom. The molecule has 9 heteroatoms. The molecule has 3 aromatic carbocycles. The van der Waals surface area contributed by atoms with E-state index in [9.17, 15) is 4.79 Å². The summed E-state index contributed by atoms with van der Waals surface area (Å²) < 4.78 is 5.65. The van der Waals surface area contributed by atoms with Gasteiger partial charge in [-0.1, -0.05) is 77.8 Å². The first-order chi connectivity index (χ1) is 20.9. The molecule has 43 heavy (non-hydrogen) atoms. The number of pyridine rings is 1. The molecule has 1 atom stereocenters. The first-order valence-electron chi connectivity index (χ1n) is 14.6. The largest absolute Gasteiger partial charge is 0.481 e. The number of ether oxygens (including phenoxy) is 1. The third-order valence-corrected chi connectivity index (χ3v) is 9.05. The summed E-state index contributed by atoms with van der Waals surface area (Å²) in [5.41, 5.74) is 8.67. The van der Waals surface area contributed by atoms with Crippen molar-refractivity contribution in [1.29, 1.82) is 0 Å². The molecule has 0 aliphatic carbocycles. The second-order valence-corrected chi connectivity index (χ2v) is 11.8. The SMILES string of the molecule is COc1nc(-c2cccc(-c3cccc(-c4ccc5c(c4)N(C)CCNC5)c3Cl)c2Cl)ccc1CNC[C@H]1CCC(=O)N1. The Morgan fingerprint density at radius 3 is 2.49 bits per heavy atom. The number of amides is 1. The fraction of sp³-hybridized carbons (Fsp3) is 0.294. The molecule has 1 fully saturated rings. The molecule has 3 heterocycles. The van der Waals surface area contributed by atoms with E-state index in [1.54, 1.807) is 7.11 Å². The van der Waals surface area contributed by atoms with E-state index in [0.29, 0.717) is 41.1 Å². The molecule has 7 nitrogen and oxygen atoms in total. The maximum absolute atomic E-state index is 11.5. The number of carbonyl (C=O) groups excluding carboxylic acids is 1. The van der Waals surface area contributed by atoms with Gasteiger partial charge >= 0.3 is 0 Å². The standard InChI is InChI=1S/C34H35Cl2N5O2/c1-41-16-15-37-18-22-10-9-21(17-30(22)41)25-5-3-6-26(32(25)35)27-7-4-8-28(33(27)36)29-13-11-23(34(40-29)43-2)19-38-20-24-12-14-31(42)39-24/h3-11,13,17,24,37-38H,12,14-16,18-20H2,1-2H3,(H,39,42)/t24-/m1/s1. The number of benzene rings is 3. The van der Waals surface area contributed by atoms with Crippen molar-refractivity contribution in [1.82, 2.24) is 20.9 Å². The summed E-state index contributed by atoms with van der Waals surface area (Å²) in [4.78, 5) is 18.6. The predicted molar refractivity (Wildman–Crippen MR) is 175 cm³/mol. The molecule has 2 aliphatic rings. The highest BCUT2D eigenvalue weighted by atomic mass is 35.5. The minimum absolute atomic E-state index is 0.113. The molecule has 6 rings (SSSR count). The van der Waals surface area contributed by atoms with E-state index in [-0.39, 0.29) is 11.9 Å². The summed E-state index contributed by atoms with van der Waals surface area (Å²) in [5, 5.41) is 11.1. The normalized spacial score (nSPS) is 16.5. The van der Waals surface area contributed by atoms with Gasteiger partial charge in [0.15, 0.2) is 0 Å². The summed E-state index contributed by atoms with van der Waals surface area (Å²) in [5.74, 6) is 0.646. The Kier molecular flexibility index (Phi) is 8.86. The average molecular weight is 617 g/mol. The van der Waals surface area contributed by atoms with Gasteiger partial charge in [0, 0.05) is 85.7 Å². The minimum Gasteiger partial charge on any atom is -0.481 e. The summed E-state index contributed by atoms with van der Waals surface area (Å²) in [6.07, 6.45) is 1.44. The van der Waals surface area contributed by atoms with Gasteiger partial charge in [0.25, 0.3) is 0 Å². The number of anilines is 1. The lowest BCUT2D eigenvalue weighted by Crippen LogP contribution is -2.35. The lowest BCUT2D eigenvalue weighted by Gasteiger charge is -2.20. The Morgan fingerprint density at radius 1 is 1.00 bits per heavy atom. The second-order valence-electron chi connectivity index (χ2n) is 11.1. The van der Waals surface area contributed by atoms with Gasteiger partial charge in [-0.15, -0.1) is 0 Å². The van der Waals surface area contributed by atoms with Crippen molar-refractivity contribution in [3.63, 3.8) is 0 Å². The van der Waals surface area contributed by atoms with E-state index in [1.165, 1.54) is 11.3 Å². The van der Waals surface area contributed by atoms with Gasteiger partial charge in [0.05, 0.1) is 22.8 Å². The first-order valence-corrected chi connectivity index (χ1v) is 15.4. The van der Waals surface area contributed by atoms with E-state index < -0.39 is 0 Å². The highest BCUT2D eigenvalue weighted by Gasteiger charge is 2.21. The number of nitrogens with one attached hydrogen (secondary N) is 3. The van der Waals surface area contributed by atoms with Crippen LogP contribution >= 0.6 is 23.2 Å². The van der Waals surface area contributed by atoms with Gasteiger partial charge in [0.1, 0.15) is 0 Å². The zero-order valence-corrected chi connectivity index (χ0v) is 25.9. The zero-order valence-electron chi connectivity index (χ0n) is 24.3. The third-order valence-electron chi connectivity index (χ3n) is 8.23. The first kappa shape index (κ1) is 29.5. The third kappa shape index (κ3) is 6.22. The van der Waals surface area contributed by atoms with Gasteiger partial charge in [-0.2, -0.15) is 0 Å². The maximum atomic E-state index is 11.5. The number of carbonyl (C=O) groups is 1. The van der Waals surface area contributed by atoms with E-state index in [4.69, 9.17) is 32.9 Å². The highest BCUT2D eigenvalue weighted by Crippen LogP contribution is 2.43. The van der Waals surface area contributed by atoms with Crippen molar-refractivity contribution in [2.24, 2.45) is 0 Å². The summed E-state index contributed by atoms with van der Waals surface area (Å²) in [7, 11) is 3.75. The molecule has 0 bridgehead atoms.